The van der Waals surface area contributed by atoms with Gasteiger partial charge in [0, 0.05) is 0 Å². The van der Waals surface area contributed by atoms with Crippen LogP contribution >= 0.6 is 11.1 Å². The van der Waals surface area contributed by atoms with E-state index >= 15 is 0 Å². The Morgan fingerprint density at radius 1 is 1.46 bits per heavy atom. The van der Waals surface area contributed by atoms with E-state index in [9.17, 15) is 12.8 Å². The van der Waals surface area contributed by atoms with Gasteiger partial charge in [-0.05, 0) is 6.08 Å². The summed E-state index contributed by atoms with van der Waals surface area (Å²) in [6.45, 7) is 6.28. The highest BCUT2D eigenvalue weighted by Gasteiger charge is 2.04. The first kappa shape index (κ1) is 15.6. The Bertz CT molecular complexity index is 239. The van der Waals surface area contributed by atoms with Gasteiger partial charge in [-0.1, -0.05) is 19.6 Å². The van der Waals surface area contributed by atoms with Crippen molar-refractivity contribution < 1.29 is 17.4 Å². The van der Waals surface area contributed by atoms with Gasteiger partial charge in [0.1, 0.15) is 7.38 Å². The van der Waals surface area contributed by atoms with Gasteiger partial charge in [0.2, 0.25) is 0 Å². The first-order valence-electron chi connectivity index (χ1n) is 3.45. The third kappa shape index (κ3) is 47.5. The average Bonchev–Trinajstić information content (AvgIpc) is 1.77. The largest absolute Gasteiger partial charge is 0.285 e. The standard InChI is InChI=1S/C3H9ClSi.C3H5FO3S/c1-5(2,3)4;4-2-1-3-8(5,6)7/h1-3H3;1-2H,3H2,(H,5,6,7). The Morgan fingerprint density at radius 2 is 1.77 bits per heavy atom. The Hall–Kier alpha value is 0.0869. The van der Waals surface area contributed by atoms with E-state index in [-0.39, 0.29) is 6.33 Å². The minimum Gasteiger partial charge on any atom is -0.285 e. The first-order valence-corrected chi connectivity index (χ1v) is 9.57. The second-order valence-corrected chi connectivity index (χ2v) is 12.2. The molecule has 0 fully saturated rings. The van der Waals surface area contributed by atoms with Gasteiger partial charge in [-0.2, -0.15) is 19.5 Å². The van der Waals surface area contributed by atoms with Crippen molar-refractivity contribution in [3.8, 4) is 0 Å². The van der Waals surface area contributed by atoms with E-state index in [1.165, 1.54) is 0 Å². The Labute approximate surface area is 84.1 Å². The van der Waals surface area contributed by atoms with E-state index in [1.54, 1.807) is 0 Å². The number of rotatable bonds is 2. The number of hydrogen-bond acceptors (Lipinski definition) is 2. The lowest BCUT2D eigenvalue weighted by molar-refractivity contribution is 0.486. The molecule has 0 aromatic heterocycles. The van der Waals surface area contributed by atoms with Gasteiger partial charge in [0.15, 0.2) is 0 Å². The molecule has 0 rings (SSSR count). The molecule has 0 spiro atoms. The molecule has 0 unspecified atom stereocenters. The van der Waals surface area contributed by atoms with Crippen molar-refractivity contribution in [3.05, 3.63) is 12.4 Å². The van der Waals surface area contributed by atoms with Crippen LogP contribution in [0.1, 0.15) is 0 Å². The van der Waals surface area contributed by atoms with Gasteiger partial charge in [-0.25, -0.2) is 4.39 Å². The Morgan fingerprint density at radius 3 is 1.85 bits per heavy atom. The van der Waals surface area contributed by atoms with E-state index in [1.807, 2.05) is 0 Å². The molecule has 0 aromatic carbocycles. The van der Waals surface area contributed by atoms with E-state index in [2.05, 4.69) is 19.6 Å². The fraction of sp³-hybridized carbons (Fsp3) is 0.667. The van der Waals surface area contributed by atoms with E-state index in [0.717, 1.165) is 0 Å². The van der Waals surface area contributed by atoms with Crippen LogP contribution in [0.25, 0.3) is 0 Å². The molecule has 0 amide bonds. The molecule has 0 saturated heterocycles. The molecule has 0 heterocycles. The molecule has 13 heavy (non-hydrogen) atoms. The highest BCUT2D eigenvalue weighted by Crippen LogP contribution is 2.03. The maximum Gasteiger partial charge on any atom is 0.268 e. The fourth-order valence-electron chi connectivity index (χ4n) is 0.158. The van der Waals surface area contributed by atoms with Crippen molar-refractivity contribution in [1.82, 2.24) is 0 Å². The Kier molecular flexibility index (Phi) is 7.81. The van der Waals surface area contributed by atoms with Crippen LogP contribution in [0.3, 0.4) is 0 Å². The molecular weight excluding hydrogens is 235 g/mol. The first-order chi connectivity index (χ1) is 5.56. The van der Waals surface area contributed by atoms with Gasteiger partial charge in [0.05, 0.1) is 12.1 Å². The summed E-state index contributed by atoms with van der Waals surface area (Å²) in [5.41, 5.74) is 0. The molecule has 3 nitrogen and oxygen atoms in total. The number of halogens is 2. The van der Waals surface area contributed by atoms with E-state index in [4.69, 9.17) is 15.6 Å². The van der Waals surface area contributed by atoms with Crippen LogP contribution in [-0.2, 0) is 10.1 Å². The summed E-state index contributed by atoms with van der Waals surface area (Å²) >= 11 is 5.67. The maximum atomic E-state index is 11.0. The molecule has 0 radical (unpaired) electrons. The second-order valence-electron chi connectivity index (χ2n) is 3.18. The van der Waals surface area contributed by atoms with Crippen molar-refractivity contribution in [2.75, 3.05) is 5.75 Å². The van der Waals surface area contributed by atoms with Crippen molar-refractivity contribution in [1.29, 1.82) is 0 Å². The summed E-state index contributed by atoms with van der Waals surface area (Å²) < 4.78 is 38.3. The predicted octanol–water partition coefficient (Wildman–Crippen LogP) is 2.42. The highest BCUT2D eigenvalue weighted by atomic mass is 35.6. The Balaban J connectivity index is 0. The smallest absolute Gasteiger partial charge is 0.268 e. The van der Waals surface area contributed by atoms with E-state index in [0.29, 0.717) is 6.08 Å². The van der Waals surface area contributed by atoms with Crippen LogP contribution in [0, 0.1) is 0 Å². The third-order valence-corrected chi connectivity index (χ3v) is 1.01. The van der Waals surface area contributed by atoms with Crippen molar-refractivity contribution >= 4 is 28.6 Å². The van der Waals surface area contributed by atoms with Crippen molar-refractivity contribution in [2.24, 2.45) is 0 Å². The summed E-state index contributed by atoms with van der Waals surface area (Å²) in [5.74, 6) is -0.663. The zero-order chi connectivity index (χ0) is 11.1. The molecule has 0 aliphatic heterocycles. The lowest BCUT2D eigenvalue weighted by Gasteiger charge is -1.97. The normalized spacial score (nSPS) is 12.5. The quantitative estimate of drug-likeness (QED) is 0.464. The number of hydrogen-bond donors (Lipinski definition) is 1. The monoisotopic (exact) mass is 248 g/mol. The van der Waals surface area contributed by atoms with Crippen molar-refractivity contribution in [2.45, 2.75) is 19.6 Å². The summed E-state index contributed by atoms with van der Waals surface area (Å²) in [6, 6.07) is 0. The average molecular weight is 249 g/mol. The van der Waals surface area contributed by atoms with Crippen LogP contribution in [0.5, 0.6) is 0 Å². The lowest BCUT2D eigenvalue weighted by Crippen LogP contribution is -2.06. The van der Waals surface area contributed by atoms with Crippen LogP contribution in [0.15, 0.2) is 12.4 Å². The topological polar surface area (TPSA) is 54.4 Å². The predicted molar refractivity (Wildman–Crippen MR) is 55.9 cm³/mol. The zero-order valence-corrected chi connectivity index (χ0v) is 10.4. The van der Waals surface area contributed by atoms with Gasteiger partial charge in [-0.3, -0.25) is 4.55 Å². The van der Waals surface area contributed by atoms with Gasteiger partial charge < -0.3 is 0 Å². The summed E-state index contributed by atoms with van der Waals surface area (Å²) in [4.78, 5) is 0. The molecule has 7 heteroatoms. The van der Waals surface area contributed by atoms with Gasteiger partial charge >= 0.3 is 0 Å². The highest BCUT2D eigenvalue weighted by molar-refractivity contribution is 7.85. The van der Waals surface area contributed by atoms with Gasteiger partial charge in [-0.15, -0.1) is 0 Å². The molecule has 0 atom stereocenters. The molecule has 0 bridgehead atoms. The molecule has 0 saturated carbocycles. The SMILES string of the molecule is C[Si](C)(C)Cl.O=S(=O)(O)CC=CF. The summed E-state index contributed by atoms with van der Waals surface area (Å²) in [5, 5.41) is 0. The van der Waals surface area contributed by atoms with Crippen molar-refractivity contribution in [3.63, 3.8) is 0 Å². The van der Waals surface area contributed by atoms with Crippen LogP contribution in [-0.4, -0.2) is 26.1 Å². The molecule has 80 valence electrons. The molecule has 0 aliphatic carbocycles. The molecule has 1 N–H and O–H groups in total. The van der Waals surface area contributed by atoms with Crippen LogP contribution in [0.4, 0.5) is 4.39 Å². The van der Waals surface area contributed by atoms with E-state index < -0.39 is 23.3 Å². The lowest BCUT2D eigenvalue weighted by atomic mass is 10.7. The molecule has 0 aliphatic rings. The minimum atomic E-state index is -4.01. The van der Waals surface area contributed by atoms with Crippen LogP contribution < -0.4 is 0 Å². The minimum absolute atomic E-state index is 0.0633. The summed E-state index contributed by atoms with van der Waals surface area (Å²) in [6.07, 6.45) is 0.767. The summed E-state index contributed by atoms with van der Waals surface area (Å²) in [7, 11) is -5.15. The van der Waals surface area contributed by atoms with Crippen LogP contribution in [0.2, 0.25) is 19.6 Å². The molecular formula is C6H14ClFO3SSi. The zero-order valence-electron chi connectivity index (χ0n) is 7.79. The maximum absolute atomic E-state index is 11.0. The third-order valence-electron chi connectivity index (χ3n) is 0.396. The fourth-order valence-corrected chi connectivity index (χ4v) is 0.474. The molecule has 0 aromatic rings. The second kappa shape index (κ2) is 6.53. The van der Waals surface area contributed by atoms with Gasteiger partial charge in [0.25, 0.3) is 10.1 Å².